The zero-order valence-corrected chi connectivity index (χ0v) is 10.9. The molecule has 0 saturated carbocycles. The topological polar surface area (TPSA) is 43.1 Å². The normalized spacial score (nSPS) is 9.92. The highest BCUT2D eigenvalue weighted by Gasteiger charge is 2.13. The van der Waals surface area contributed by atoms with Crippen LogP contribution in [0.15, 0.2) is 21.1 Å². The maximum atomic E-state index is 10.4. The second kappa shape index (κ2) is 4.01. The van der Waals surface area contributed by atoms with E-state index in [0.717, 1.165) is 4.47 Å². The first-order valence-electron chi connectivity index (χ1n) is 2.81. The Hall–Kier alpha value is 0.310. The lowest BCUT2D eigenvalue weighted by Crippen LogP contribution is -1.91. The van der Waals surface area contributed by atoms with Gasteiger partial charge >= 0.3 is 0 Å². The van der Waals surface area contributed by atoms with E-state index < -0.39 is 4.92 Å². The zero-order valence-electron chi connectivity index (χ0n) is 5.55. The molecule has 64 valence electrons. The van der Waals surface area contributed by atoms with E-state index in [4.69, 9.17) is 0 Å². The van der Waals surface area contributed by atoms with Crippen LogP contribution in [0.25, 0.3) is 0 Å². The molecule has 1 aromatic rings. The number of nitro groups is 1. The Bertz CT molecular complexity index is 343. The van der Waals surface area contributed by atoms with Gasteiger partial charge in [0, 0.05) is 15.0 Å². The first-order chi connectivity index (χ1) is 5.52. The molecule has 0 atom stereocenters. The number of hydrogen-bond donors (Lipinski definition) is 0. The van der Waals surface area contributed by atoms with E-state index in [1.807, 2.05) is 22.6 Å². The third-order valence-corrected chi connectivity index (χ3v) is 3.89. The van der Waals surface area contributed by atoms with Crippen LogP contribution in [0.3, 0.4) is 0 Å². The minimum Gasteiger partial charge on any atom is -0.258 e. The molecule has 0 radical (unpaired) electrons. The van der Waals surface area contributed by atoms with Gasteiger partial charge in [-0.2, -0.15) is 0 Å². The minimum absolute atomic E-state index is 0.116. The Balaban J connectivity index is 3.33. The van der Waals surface area contributed by atoms with Crippen LogP contribution in [-0.4, -0.2) is 4.92 Å². The summed E-state index contributed by atoms with van der Waals surface area (Å²) in [6.45, 7) is 0. The summed E-state index contributed by atoms with van der Waals surface area (Å²) in [7, 11) is 0. The Morgan fingerprint density at radius 3 is 2.33 bits per heavy atom. The maximum Gasteiger partial charge on any atom is 0.283 e. The molecule has 0 N–H and O–H groups in total. The molecule has 0 amide bonds. The molecule has 1 rings (SSSR count). The average molecular weight is 407 g/mol. The first kappa shape index (κ1) is 10.4. The summed E-state index contributed by atoms with van der Waals surface area (Å²) < 4.78 is 2.12. The van der Waals surface area contributed by atoms with Crippen molar-refractivity contribution in [3.63, 3.8) is 0 Å². The number of nitro benzene ring substituents is 1. The Kier molecular flexibility index (Phi) is 3.47. The summed E-state index contributed by atoms with van der Waals surface area (Å²) in [6, 6.07) is 3.18. The van der Waals surface area contributed by atoms with Crippen molar-refractivity contribution in [3.8, 4) is 0 Å². The van der Waals surface area contributed by atoms with Gasteiger partial charge in [0.15, 0.2) is 0 Å². The summed E-state index contributed by atoms with van der Waals surface area (Å²) >= 11 is 8.37. The van der Waals surface area contributed by atoms with E-state index in [0.29, 0.717) is 8.04 Å². The van der Waals surface area contributed by atoms with Gasteiger partial charge in [0.1, 0.15) is 0 Å². The average Bonchev–Trinajstić information content (AvgIpc) is 1.96. The lowest BCUT2D eigenvalue weighted by molar-refractivity contribution is -0.385. The van der Waals surface area contributed by atoms with Gasteiger partial charge in [-0.3, -0.25) is 10.1 Å². The second-order valence-corrected chi connectivity index (χ2v) is 4.85. The molecule has 0 heterocycles. The van der Waals surface area contributed by atoms with Crippen LogP contribution < -0.4 is 0 Å². The summed E-state index contributed by atoms with van der Waals surface area (Å²) in [4.78, 5) is 10.0. The van der Waals surface area contributed by atoms with E-state index in [-0.39, 0.29) is 5.69 Å². The molecule has 12 heavy (non-hydrogen) atoms. The van der Waals surface area contributed by atoms with Crippen molar-refractivity contribution < 1.29 is 4.92 Å². The Morgan fingerprint density at radius 1 is 1.33 bits per heavy atom. The predicted molar refractivity (Wildman–Crippen MR) is 61.2 cm³/mol. The lowest BCUT2D eigenvalue weighted by atomic mass is 10.3. The molecule has 6 heteroatoms. The van der Waals surface area contributed by atoms with Gasteiger partial charge in [0.2, 0.25) is 0 Å². The fraction of sp³-hybridized carbons (Fsp3) is 0. The van der Waals surface area contributed by atoms with Gasteiger partial charge in [-0.15, -0.1) is 0 Å². The van der Waals surface area contributed by atoms with Crippen LogP contribution in [0, 0.1) is 13.7 Å². The quantitative estimate of drug-likeness (QED) is 0.309. The molecule has 0 unspecified atom stereocenters. The molecule has 0 fully saturated rings. The summed E-state index contributed by atoms with van der Waals surface area (Å²) in [5, 5.41) is 10.4. The van der Waals surface area contributed by atoms with Gasteiger partial charge in [-0.25, -0.2) is 0 Å². The maximum absolute atomic E-state index is 10.4. The number of nitrogens with zero attached hydrogens (tertiary/aromatic N) is 1. The van der Waals surface area contributed by atoms with Crippen LogP contribution in [0.4, 0.5) is 5.69 Å². The van der Waals surface area contributed by atoms with Crippen molar-refractivity contribution in [1.29, 1.82) is 0 Å². The van der Waals surface area contributed by atoms with Crippen molar-refractivity contribution >= 4 is 60.1 Å². The molecule has 1 aromatic carbocycles. The van der Waals surface area contributed by atoms with E-state index in [1.165, 1.54) is 6.07 Å². The van der Waals surface area contributed by atoms with Crippen LogP contribution in [0.1, 0.15) is 0 Å². The molecular weight excluding hydrogens is 405 g/mol. The van der Waals surface area contributed by atoms with Gasteiger partial charge < -0.3 is 0 Å². The predicted octanol–water partition coefficient (Wildman–Crippen LogP) is 3.72. The van der Waals surface area contributed by atoms with Crippen LogP contribution in [0.2, 0.25) is 0 Å². The zero-order chi connectivity index (χ0) is 9.30. The van der Waals surface area contributed by atoms with E-state index in [1.54, 1.807) is 6.07 Å². The summed E-state index contributed by atoms with van der Waals surface area (Å²) in [5.74, 6) is 0. The van der Waals surface area contributed by atoms with Crippen molar-refractivity contribution in [2.45, 2.75) is 0 Å². The molecular formula is C6H2Br2INO2. The molecule has 0 saturated heterocycles. The van der Waals surface area contributed by atoms with Gasteiger partial charge in [-0.05, 0) is 60.5 Å². The van der Waals surface area contributed by atoms with E-state index in [2.05, 4.69) is 31.9 Å². The number of halogens is 3. The molecule has 0 aromatic heterocycles. The first-order valence-corrected chi connectivity index (χ1v) is 5.48. The Labute approximate surface area is 99.1 Å². The molecule has 0 aliphatic rings. The van der Waals surface area contributed by atoms with E-state index >= 15 is 0 Å². The van der Waals surface area contributed by atoms with Crippen molar-refractivity contribution in [2.75, 3.05) is 0 Å². The largest absolute Gasteiger partial charge is 0.283 e. The SMILES string of the molecule is O=[N+]([O-])c1cc(Br)c(Br)cc1I. The number of hydrogen-bond acceptors (Lipinski definition) is 2. The third kappa shape index (κ3) is 2.17. The number of benzene rings is 1. The van der Waals surface area contributed by atoms with Crippen LogP contribution >= 0.6 is 54.5 Å². The highest BCUT2D eigenvalue weighted by atomic mass is 127. The van der Waals surface area contributed by atoms with Crippen molar-refractivity contribution in [1.82, 2.24) is 0 Å². The summed E-state index contributed by atoms with van der Waals surface area (Å²) in [6.07, 6.45) is 0. The molecule has 0 spiro atoms. The fourth-order valence-corrected chi connectivity index (χ4v) is 2.42. The molecule has 0 aliphatic carbocycles. The van der Waals surface area contributed by atoms with Gasteiger partial charge in [0.25, 0.3) is 5.69 Å². The smallest absolute Gasteiger partial charge is 0.258 e. The highest BCUT2D eigenvalue weighted by molar-refractivity contribution is 14.1. The monoisotopic (exact) mass is 405 g/mol. The molecule has 0 aliphatic heterocycles. The van der Waals surface area contributed by atoms with Gasteiger partial charge in [-0.1, -0.05) is 0 Å². The van der Waals surface area contributed by atoms with Crippen molar-refractivity contribution in [2.24, 2.45) is 0 Å². The van der Waals surface area contributed by atoms with Gasteiger partial charge in [0.05, 0.1) is 8.49 Å². The second-order valence-electron chi connectivity index (χ2n) is 1.97. The third-order valence-electron chi connectivity index (χ3n) is 1.19. The van der Waals surface area contributed by atoms with Crippen LogP contribution in [0.5, 0.6) is 0 Å². The number of rotatable bonds is 1. The minimum atomic E-state index is -0.404. The highest BCUT2D eigenvalue weighted by Crippen LogP contribution is 2.31. The van der Waals surface area contributed by atoms with Crippen LogP contribution in [-0.2, 0) is 0 Å². The van der Waals surface area contributed by atoms with Crippen molar-refractivity contribution in [3.05, 3.63) is 34.8 Å². The molecule has 3 nitrogen and oxygen atoms in total. The molecule has 0 bridgehead atoms. The summed E-state index contributed by atoms with van der Waals surface area (Å²) in [5.41, 5.74) is 0.116. The standard InChI is InChI=1S/C6H2Br2INO2/c7-3-1-5(9)6(10(11)12)2-4(3)8/h1-2H. The lowest BCUT2D eigenvalue weighted by Gasteiger charge is -1.98. The fourth-order valence-electron chi connectivity index (χ4n) is 0.652. The Morgan fingerprint density at radius 2 is 1.83 bits per heavy atom. The van der Waals surface area contributed by atoms with E-state index in [9.17, 15) is 10.1 Å².